The molecule has 2 aliphatic rings. The summed E-state index contributed by atoms with van der Waals surface area (Å²) in [6.45, 7) is 5.98. The second kappa shape index (κ2) is 7.95. The fourth-order valence-corrected chi connectivity index (χ4v) is 4.73. The van der Waals surface area contributed by atoms with E-state index in [0.717, 1.165) is 44.0 Å². The van der Waals surface area contributed by atoms with Gasteiger partial charge >= 0.3 is 0 Å². The fraction of sp³-hybridized carbons (Fsp3) is 0.500. The zero-order valence-electron chi connectivity index (χ0n) is 16.0. The monoisotopic (exact) mass is 369 g/mol. The summed E-state index contributed by atoms with van der Waals surface area (Å²) in [6.07, 6.45) is 7.47. The highest BCUT2D eigenvalue weighted by molar-refractivity contribution is 5.29. The number of pyridine rings is 1. The van der Waals surface area contributed by atoms with Crippen LogP contribution in [0.15, 0.2) is 42.7 Å². The van der Waals surface area contributed by atoms with Crippen LogP contribution >= 0.6 is 0 Å². The van der Waals surface area contributed by atoms with Gasteiger partial charge in [-0.2, -0.15) is 0 Å². The van der Waals surface area contributed by atoms with Gasteiger partial charge in [0.2, 0.25) is 0 Å². The lowest BCUT2D eigenvalue weighted by Gasteiger charge is -2.40. The normalized spacial score (nSPS) is 23.8. The van der Waals surface area contributed by atoms with E-state index in [1.165, 1.54) is 30.9 Å². The van der Waals surface area contributed by atoms with Crippen molar-refractivity contribution < 1.29 is 9.13 Å². The SMILES string of the molecule is COc1ccc(F)c(CN2CCC[C@]3(CCN(Cc4cccnc4)C3)C2)c1. The molecule has 2 aliphatic heterocycles. The Balaban J connectivity index is 1.39. The Bertz CT molecular complexity index is 769. The highest BCUT2D eigenvalue weighted by Gasteiger charge is 2.41. The Hall–Kier alpha value is -1.98. The van der Waals surface area contributed by atoms with Crippen molar-refractivity contribution in [1.82, 2.24) is 14.8 Å². The minimum atomic E-state index is -0.139. The molecule has 0 aliphatic carbocycles. The van der Waals surface area contributed by atoms with Crippen molar-refractivity contribution in [3.05, 3.63) is 59.7 Å². The Kier molecular flexibility index (Phi) is 5.41. The van der Waals surface area contributed by atoms with Crippen molar-refractivity contribution in [3.8, 4) is 5.75 Å². The number of rotatable bonds is 5. The molecule has 2 fully saturated rings. The third-order valence-corrected chi connectivity index (χ3v) is 6.03. The minimum Gasteiger partial charge on any atom is -0.497 e. The van der Waals surface area contributed by atoms with E-state index in [1.54, 1.807) is 13.2 Å². The zero-order chi connectivity index (χ0) is 18.7. The summed E-state index contributed by atoms with van der Waals surface area (Å²) in [6, 6.07) is 9.19. The summed E-state index contributed by atoms with van der Waals surface area (Å²) in [5.74, 6) is 0.585. The standard InChI is InChI=1S/C22H28FN3O/c1-27-20-5-6-21(23)19(12-20)15-25-10-3-7-22(16-25)8-11-26(17-22)14-18-4-2-9-24-13-18/h2,4-6,9,12-13H,3,7-8,10-11,14-17H2,1H3/t22-/m0/s1. The van der Waals surface area contributed by atoms with Gasteiger partial charge in [-0.1, -0.05) is 6.07 Å². The first-order chi connectivity index (χ1) is 13.2. The molecule has 0 unspecified atom stereocenters. The molecule has 4 nitrogen and oxygen atoms in total. The number of likely N-dealkylation sites (tertiary alicyclic amines) is 2. The maximum Gasteiger partial charge on any atom is 0.127 e. The largest absolute Gasteiger partial charge is 0.497 e. The van der Waals surface area contributed by atoms with E-state index in [2.05, 4.69) is 20.9 Å². The van der Waals surface area contributed by atoms with E-state index in [4.69, 9.17) is 4.74 Å². The lowest BCUT2D eigenvalue weighted by molar-refractivity contribution is 0.0857. The second-order valence-electron chi connectivity index (χ2n) is 8.09. The quantitative estimate of drug-likeness (QED) is 0.803. The van der Waals surface area contributed by atoms with Gasteiger partial charge in [-0.15, -0.1) is 0 Å². The number of hydrogen-bond acceptors (Lipinski definition) is 4. The first kappa shape index (κ1) is 18.4. The fourth-order valence-electron chi connectivity index (χ4n) is 4.73. The molecule has 0 amide bonds. The summed E-state index contributed by atoms with van der Waals surface area (Å²) in [5.41, 5.74) is 2.35. The molecule has 0 bridgehead atoms. The van der Waals surface area contributed by atoms with Crippen LogP contribution in [0.5, 0.6) is 5.75 Å². The molecular weight excluding hydrogens is 341 g/mol. The van der Waals surface area contributed by atoms with Crippen molar-refractivity contribution in [1.29, 1.82) is 0 Å². The Labute approximate surface area is 161 Å². The first-order valence-corrected chi connectivity index (χ1v) is 9.82. The van der Waals surface area contributed by atoms with E-state index < -0.39 is 0 Å². The molecule has 0 saturated carbocycles. The molecule has 2 aromatic rings. The van der Waals surface area contributed by atoms with Crippen LogP contribution in [-0.4, -0.2) is 48.1 Å². The van der Waals surface area contributed by atoms with Crippen molar-refractivity contribution in [2.24, 2.45) is 5.41 Å². The molecule has 1 spiro atoms. The molecular formula is C22H28FN3O. The number of piperidine rings is 1. The van der Waals surface area contributed by atoms with Crippen molar-refractivity contribution in [2.75, 3.05) is 33.3 Å². The van der Waals surface area contributed by atoms with Crippen LogP contribution in [0.3, 0.4) is 0 Å². The number of halogens is 1. The van der Waals surface area contributed by atoms with E-state index in [1.807, 2.05) is 24.5 Å². The summed E-state index contributed by atoms with van der Waals surface area (Å²) in [4.78, 5) is 9.21. The lowest BCUT2D eigenvalue weighted by atomic mass is 9.79. The summed E-state index contributed by atoms with van der Waals surface area (Å²) in [7, 11) is 1.63. The first-order valence-electron chi connectivity index (χ1n) is 9.82. The Morgan fingerprint density at radius 1 is 1.11 bits per heavy atom. The summed E-state index contributed by atoms with van der Waals surface area (Å²) in [5, 5.41) is 0. The molecule has 2 saturated heterocycles. The predicted molar refractivity (Wildman–Crippen MR) is 104 cm³/mol. The zero-order valence-corrected chi connectivity index (χ0v) is 16.0. The third-order valence-electron chi connectivity index (χ3n) is 6.03. The molecule has 1 aromatic carbocycles. The van der Waals surface area contributed by atoms with Gasteiger partial charge in [-0.25, -0.2) is 4.39 Å². The number of nitrogens with zero attached hydrogens (tertiary/aromatic N) is 3. The molecule has 27 heavy (non-hydrogen) atoms. The molecule has 4 rings (SSSR count). The van der Waals surface area contributed by atoms with Gasteiger partial charge in [0.05, 0.1) is 7.11 Å². The van der Waals surface area contributed by atoms with Gasteiger partial charge in [0, 0.05) is 44.1 Å². The van der Waals surface area contributed by atoms with Crippen LogP contribution in [-0.2, 0) is 13.1 Å². The highest BCUT2D eigenvalue weighted by Crippen LogP contribution is 2.40. The lowest BCUT2D eigenvalue weighted by Crippen LogP contribution is -2.44. The maximum absolute atomic E-state index is 14.2. The van der Waals surface area contributed by atoms with Crippen LogP contribution < -0.4 is 4.74 Å². The molecule has 5 heteroatoms. The van der Waals surface area contributed by atoms with Crippen LogP contribution in [0.4, 0.5) is 4.39 Å². The number of benzene rings is 1. The van der Waals surface area contributed by atoms with E-state index in [0.29, 0.717) is 12.0 Å². The van der Waals surface area contributed by atoms with Crippen LogP contribution in [0.1, 0.15) is 30.4 Å². The van der Waals surface area contributed by atoms with E-state index in [9.17, 15) is 4.39 Å². The Morgan fingerprint density at radius 2 is 1.96 bits per heavy atom. The molecule has 0 N–H and O–H groups in total. The highest BCUT2D eigenvalue weighted by atomic mass is 19.1. The third kappa shape index (κ3) is 4.30. The van der Waals surface area contributed by atoms with Gasteiger partial charge in [0.15, 0.2) is 0 Å². The predicted octanol–water partition coefficient (Wildman–Crippen LogP) is 3.72. The molecule has 0 radical (unpaired) electrons. The number of aromatic nitrogens is 1. The molecule has 1 atom stereocenters. The number of hydrogen-bond donors (Lipinski definition) is 0. The maximum atomic E-state index is 14.2. The molecule has 144 valence electrons. The second-order valence-corrected chi connectivity index (χ2v) is 8.09. The van der Waals surface area contributed by atoms with E-state index in [-0.39, 0.29) is 5.82 Å². The van der Waals surface area contributed by atoms with Crippen LogP contribution in [0.2, 0.25) is 0 Å². The van der Waals surface area contributed by atoms with Gasteiger partial charge in [0.25, 0.3) is 0 Å². The average molecular weight is 369 g/mol. The summed E-state index contributed by atoms with van der Waals surface area (Å²) >= 11 is 0. The summed E-state index contributed by atoms with van der Waals surface area (Å²) < 4.78 is 19.5. The van der Waals surface area contributed by atoms with Gasteiger partial charge in [-0.3, -0.25) is 14.8 Å². The van der Waals surface area contributed by atoms with Crippen LogP contribution in [0, 0.1) is 11.2 Å². The van der Waals surface area contributed by atoms with Crippen molar-refractivity contribution >= 4 is 0 Å². The molecule has 1 aromatic heterocycles. The minimum absolute atomic E-state index is 0.139. The van der Waals surface area contributed by atoms with Crippen LogP contribution in [0.25, 0.3) is 0 Å². The molecule has 3 heterocycles. The topological polar surface area (TPSA) is 28.6 Å². The van der Waals surface area contributed by atoms with Gasteiger partial charge in [0.1, 0.15) is 11.6 Å². The average Bonchev–Trinajstić information content (AvgIpc) is 3.06. The van der Waals surface area contributed by atoms with Gasteiger partial charge < -0.3 is 4.74 Å². The smallest absolute Gasteiger partial charge is 0.127 e. The van der Waals surface area contributed by atoms with Gasteiger partial charge in [-0.05, 0) is 67.6 Å². The van der Waals surface area contributed by atoms with Crippen molar-refractivity contribution in [2.45, 2.75) is 32.4 Å². The number of ether oxygens (including phenoxy) is 1. The van der Waals surface area contributed by atoms with E-state index >= 15 is 0 Å². The number of methoxy groups -OCH3 is 1. The van der Waals surface area contributed by atoms with Crippen molar-refractivity contribution in [3.63, 3.8) is 0 Å². The Morgan fingerprint density at radius 3 is 2.74 bits per heavy atom.